The van der Waals surface area contributed by atoms with E-state index in [2.05, 4.69) is 5.32 Å². The Bertz CT molecular complexity index is 900. The predicted octanol–water partition coefficient (Wildman–Crippen LogP) is 2.74. The van der Waals surface area contributed by atoms with Gasteiger partial charge in [-0.2, -0.15) is 0 Å². The van der Waals surface area contributed by atoms with Gasteiger partial charge in [0, 0.05) is 18.0 Å². The van der Waals surface area contributed by atoms with Crippen molar-refractivity contribution in [3.63, 3.8) is 0 Å². The highest BCUT2D eigenvalue weighted by Crippen LogP contribution is 2.35. The largest absolute Gasteiger partial charge is 0.383 e. The summed E-state index contributed by atoms with van der Waals surface area (Å²) in [6.07, 6.45) is 7.64. The molecule has 0 radical (unpaired) electrons. The van der Waals surface area contributed by atoms with Crippen LogP contribution in [0, 0.1) is 0 Å². The van der Waals surface area contributed by atoms with Crippen LogP contribution in [0.25, 0.3) is 10.2 Å². The Balaban J connectivity index is 1.58. The number of rotatable bonds is 7. The van der Waals surface area contributed by atoms with Crippen LogP contribution in [0.5, 0.6) is 0 Å². The summed E-state index contributed by atoms with van der Waals surface area (Å²) in [4.78, 5) is 32.3. The minimum Gasteiger partial charge on any atom is -0.383 e. The molecule has 0 unspecified atom stereocenters. The van der Waals surface area contributed by atoms with Gasteiger partial charge in [0.15, 0.2) is 5.16 Å². The average Bonchev–Trinajstić information content (AvgIpc) is 3.36. The van der Waals surface area contributed by atoms with Gasteiger partial charge in [-0.05, 0) is 37.7 Å². The van der Waals surface area contributed by atoms with Crippen LogP contribution in [-0.2, 0) is 28.9 Å². The van der Waals surface area contributed by atoms with Crippen molar-refractivity contribution in [2.24, 2.45) is 0 Å². The molecule has 2 aliphatic rings. The molecule has 1 fully saturated rings. The van der Waals surface area contributed by atoms with E-state index in [1.807, 2.05) is 0 Å². The molecule has 0 bridgehead atoms. The smallest absolute Gasteiger partial charge is 0.263 e. The second-order valence-electron chi connectivity index (χ2n) is 7.22. The number of carbonyl (C=O) groups is 1. The third-order valence-corrected chi connectivity index (χ3v) is 7.52. The number of fused-ring (bicyclic) bond motifs is 3. The minimum absolute atomic E-state index is 0.00940. The first-order valence-corrected chi connectivity index (χ1v) is 11.4. The lowest BCUT2D eigenvalue weighted by atomic mass is 10.2. The number of nitrogens with zero attached hydrogens (tertiary/aromatic N) is 2. The molecular weight excluding hydrogens is 382 g/mol. The van der Waals surface area contributed by atoms with Crippen molar-refractivity contribution in [2.45, 2.75) is 62.7 Å². The summed E-state index contributed by atoms with van der Waals surface area (Å²) in [5, 5.41) is 4.50. The molecular formula is C19H25N3O3S2. The van der Waals surface area contributed by atoms with Gasteiger partial charge in [0.05, 0.1) is 24.3 Å². The minimum atomic E-state index is 0.00940. The molecule has 1 amide bonds. The Hall–Kier alpha value is -1.38. The van der Waals surface area contributed by atoms with Crippen LogP contribution < -0.4 is 10.9 Å². The third-order valence-electron chi connectivity index (χ3n) is 5.36. The molecule has 0 aliphatic heterocycles. The average molecular weight is 408 g/mol. The van der Waals surface area contributed by atoms with E-state index in [1.165, 1.54) is 35.0 Å². The van der Waals surface area contributed by atoms with E-state index in [0.29, 0.717) is 24.3 Å². The zero-order chi connectivity index (χ0) is 18.8. The van der Waals surface area contributed by atoms with E-state index >= 15 is 0 Å². The number of methoxy groups -OCH3 is 1. The molecule has 0 atom stereocenters. The molecule has 1 N–H and O–H groups in total. The molecule has 146 valence electrons. The van der Waals surface area contributed by atoms with Crippen LogP contribution in [0.4, 0.5) is 0 Å². The third kappa shape index (κ3) is 3.93. The molecule has 4 rings (SSSR count). The van der Waals surface area contributed by atoms with Gasteiger partial charge < -0.3 is 10.1 Å². The van der Waals surface area contributed by atoms with Crippen molar-refractivity contribution < 1.29 is 9.53 Å². The summed E-state index contributed by atoms with van der Waals surface area (Å²) in [6.45, 7) is 0.900. The molecule has 2 aromatic rings. The lowest BCUT2D eigenvalue weighted by molar-refractivity contribution is -0.119. The molecule has 27 heavy (non-hydrogen) atoms. The van der Waals surface area contributed by atoms with E-state index in [0.717, 1.165) is 42.3 Å². The van der Waals surface area contributed by atoms with Crippen molar-refractivity contribution in [1.82, 2.24) is 14.9 Å². The van der Waals surface area contributed by atoms with Crippen molar-refractivity contribution in [1.29, 1.82) is 0 Å². The summed E-state index contributed by atoms with van der Waals surface area (Å²) in [5.74, 6) is 0.306. The van der Waals surface area contributed by atoms with Gasteiger partial charge in [0.2, 0.25) is 5.91 Å². The number of hydrogen-bond acceptors (Lipinski definition) is 6. The standard InChI is InChI=1S/C19H25N3O3S2/c1-25-10-9-22-18(24)16-13-7-4-8-14(13)27-17(16)21-19(22)26-11-15(23)20-12-5-2-3-6-12/h12H,2-11H2,1H3,(H,20,23). The summed E-state index contributed by atoms with van der Waals surface area (Å²) < 4.78 is 6.87. The van der Waals surface area contributed by atoms with Gasteiger partial charge >= 0.3 is 0 Å². The fourth-order valence-corrected chi connectivity index (χ4v) is 6.16. The quantitative estimate of drug-likeness (QED) is 0.564. The van der Waals surface area contributed by atoms with Crippen molar-refractivity contribution in [3.8, 4) is 0 Å². The first-order valence-electron chi connectivity index (χ1n) is 9.63. The van der Waals surface area contributed by atoms with Crippen molar-refractivity contribution in [2.75, 3.05) is 19.5 Å². The lowest BCUT2D eigenvalue weighted by Gasteiger charge is -2.14. The Labute approximate surface area is 166 Å². The summed E-state index contributed by atoms with van der Waals surface area (Å²) in [6, 6.07) is 0.310. The van der Waals surface area contributed by atoms with Crippen LogP contribution in [0.2, 0.25) is 0 Å². The topological polar surface area (TPSA) is 73.2 Å². The molecule has 0 spiro atoms. The predicted molar refractivity (Wildman–Crippen MR) is 109 cm³/mol. The van der Waals surface area contributed by atoms with Crippen LogP contribution in [0.15, 0.2) is 9.95 Å². The molecule has 0 aromatic carbocycles. The maximum absolute atomic E-state index is 13.2. The molecule has 1 saturated carbocycles. The van der Waals surface area contributed by atoms with Gasteiger partial charge in [0.1, 0.15) is 4.83 Å². The molecule has 2 heterocycles. The van der Waals surface area contributed by atoms with Gasteiger partial charge in [-0.15, -0.1) is 11.3 Å². The van der Waals surface area contributed by atoms with E-state index in [9.17, 15) is 9.59 Å². The Morgan fingerprint density at radius 1 is 1.33 bits per heavy atom. The second-order valence-corrected chi connectivity index (χ2v) is 9.25. The highest BCUT2D eigenvalue weighted by atomic mass is 32.2. The number of hydrogen-bond donors (Lipinski definition) is 1. The van der Waals surface area contributed by atoms with Crippen molar-refractivity contribution in [3.05, 3.63) is 20.8 Å². The Morgan fingerprint density at radius 3 is 2.93 bits per heavy atom. The number of thiophene rings is 1. The molecule has 0 saturated heterocycles. The highest BCUT2D eigenvalue weighted by molar-refractivity contribution is 7.99. The number of aromatic nitrogens is 2. The van der Waals surface area contributed by atoms with E-state index < -0.39 is 0 Å². The number of nitrogens with one attached hydrogen (secondary N) is 1. The van der Waals surface area contributed by atoms with Gasteiger partial charge in [-0.1, -0.05) is 24.6 Å². The molecule has 6 nitrogen and oxygen atoms in total. The number of carbonyl (C=O) groups excluding carboxylic acids is 1. The Kier molecular flexibility index (Phi) is 5.85. The SMILES string of the molecule is COCCn1c(SCC(=O)NC2CCCC2)nc2sc3c(c2c1=O)CCC3. The normalized spacial score (nSPS) is 16.9. The van der Waals surface area contributed by atoms with Crippen molar-refractivity contribution >= 4 is 39.2 Å². The van der Waals surface area contributed by atoms with Gasteiger partial charge in [-0.25, -0.2) is 4.98 Å². The number of thioether (sulfide) groups is 1. The molecule has 2 aromatic heterocycles. The lowest BCUT2D eigenvalue weighted by Crippen LogP contribution is -2.34. The maximum Gasteiger partial charge on any atom is 0.263 e. The summed E-state index contributed by atoms with van der Waals surface area (Å²) >= 11 is 2.99. The molecule has 8 heteroatoms. The van der Waals surface area contributed by atoms with E-state index in [-0.39, 0.29) is 17.2 Å². The zero-order valence-electron chi connectivity index (χ0n) is 15.6. The fraction of sp³-hybridized carbons (Fsp3) is 0.632. The Morgan fingerprint density at radius 2 is 2.15 bits per heavy atom. The molecule has 2 aliphatic carbocycles. The van der Waals surface area contributed by atoms with Gasteiger partial charge in [0.25, 0.3) is 5.56 Å². The van der Waals surface area contributed by atoms with E-state index in [4.69, 9.17) is 9.72 Å². The van der Waals surface area contributed by atoms with Crippen LogP contribution in [0.3, 0.4) is 0 Å². The van der Waals surface area contributed by atoms with Gasteiger partial charge in [-0.3, -0.25) is 14.2 Å². The number of amides is 1. The number of ether oxygens (including phenoxy) is 1. The monoisotopic (exact) mass is 407 g/mol. The number of aryl methyl sites for hydroxylation is 2. The zero-order valence-corrected chi connectivity index (χ0v) is 17.2. The second kappa shape index (κ2) is 8.32. The van der Waals surface area contributed by atoms with Crippen LogP contribution in [-0.4, -0.2) is 41.0 Å². The first kappa shape index (κ1) is 19.0. The first-order chi connectivity index (χ1) is 13.2. The highest BCUT2D eigenvalue weighted by Gasteiger charge is 2.24. The van der Waals surface area contributed by atoms with E-state index in [1.54, 1.807) is 23.0 Å². The summed E-state index contributed by atoms with van der Waals surface area (Å²) in [7, 11) is 1.63. The van der Waals surface area contributed by atoms with Crippen LogP contribution in [0.1, 0.15) is 42.5 Å². The van der Waals surface area contributed by atoms with Crippen LogP contribution >= 0.6 is 23.1 Å². The fourth-order valence-electron chi connectivity index (χ4n) is 4.02. The summed E-state index contributed by atoms with van der Waals surface area (Å²) in [5.41, 5.74) is 1.20. The maximum atomic E-state index is 13.2.